The number of hydrogen-bond donors (Lipinski definition) is 1. The van der Waals surface area contributed by atoms with Gasteiger partial charge in [0.25, 0.3) is 0 Å². The third-order valence-electron chi connectivity index (χ3n) is 3.37. The Morgan fingerprint density at radius 2 is 1.90 bits per heavy atom. The van der Waals surface area contributed by atoms with Crippen molar-refractivity contribution in [2.24, 2.45) is 0 Å². The molecular formula is C16H20FN3. The van der Waals surface area contributed by atoms with E-state index in [9.17, 15) is 4.39 Å². The van der Waals surface area contributed by atoms with Crippen molar-refractivity contribution in [3.8, 4) is 0 Å². The molecule has 4 heteroatoms. The highest BCUT2D eigenvalue weighted by atomic mass is 19.1. The van der Waals surface area contributed by atoms with Gasteiger partial charge in [-0.15, -0.1) is 0 Å². The van der Waals surface area contributed by atoms with Crippen molar-refractivity contribution < 1.29 is 4.39 Å². The fourth-order valence-corrected chi connectivity index (χ4v) is 2.11. The van der Waals surface area contributed by atoms with E-state index >= 15 is 0 Å². The van der Waals surface area contributed by atoms with Gasteiger partial charge in [0.1, 0.15) is 0 Å². The van der Waals surface area contributed by atoms with E-state index in [2.05, 4.69) is 29.4 Å². The Morgan fingerprint density at radius 1 is 1.20 bits per heavy atom. The standard InChI is InChI=1S/C16H20FN3/c1-4-12-5-7-14(8-6-12)20(3)16-15(17)13(11-18-2)9-10-19-16/h5-10,18H,4,11H2,1-3H3. The number of halogens is 1. The average Bonchev–Trinajstić information content (AvgIpc) is 2.49. The Morgan fingerprint density at radius 3 is 2.50 bits per heavy atom. The third kappa shape index (κ3) is 2.96. The maximum atomic E-state index is 14.4. The van der Waals surface area contributed by atoms with Gasteiger partial charge >= 0.3 is 0 Å². The number of rotatable bonds is 5. The quantitative estimate of drug-likeness (QED) is 0.906. The van der Waals surface area contributed by atoms with Crippen LogP contribution in [0, 0.1) is 5.82 Å². The monoisotopic (exact) mass is 273 g/mol. The smallest absolute Gasteiger partial charge is 0.170 e. The maximum Gasteiger partial charge on any atom is 0.170 e. The Labute approximate surface area is 119 Å². The first-order chi connectivity index (χ1) is 9.67. The van der Waals surface area contributed by atoms with Crippen LogP contribution in [0.3, 0.4) is 0 Å². The summed E-state index contributed by atoms with van der Waals surface area (Å²) in [6.07, 6.45) is 2.64. The molecule has 0 aliphatic carbocycles. The molecule has 0 bridgehead atoms. The molecular weight excluding hydrogens is 253 g/mol. The molecule has 0 aliphatic heterocycles. The van der Waals surface area contributed by atoms with Crippen molar-refractivity contribution in [3.63, 3.8) is 0 Å². The largest absolute Gasteiger partial charge is 0.327 e. The molecule has 1 aromatic carbocycles. The molecule has 2 rings (SSSR count). The normalized spacial score (nSPS) is 10.6. The summed E-state index contributed by atoms with van der Waals surface area (Å²) in [7, 11) is 3.63. The van der Waals surface area contributed by atoms with Gasteiger partial charge in [0.05, 0.1) is 0 Å². The zero-order valence-corrected chi connectivity index (χ0v) is 12.2. The molecule has 0 atom stereocenters. The number of aromatic nitrogens is 1. The second-order valence-corrected chi connectivity index (χ2v) is 4.72. The number of nitrogens with zero attached hydrogens (tertiary/aromatic N) is 2. The molecule has 0 spiro atoms. The lowest BCUT2D eigenvalue weighted by atomic mass is 10.1. The van der Waals surface area contributed by atoms with Crippen molar-refractivity contribution in [2.75, 3.05) is 19.0 Å². The molecule has 1 heterocycles. The fourth-order valence-electron chi connectivity index (χ4n) is 2.11. The predicted octanol–water partition coefficient (Wildman–Crippen LogP) is 3.27. The molecule has 3 nitrogen and oxygen atoms in total. The van der Waals surface area contributed by atoms with Crippen LogP contribution in [0.25, 0.3) is 0 Å². The van der Waals surface area contributed by atoms with Crippen molar-refractivity contribution in [2.45, 2.75) is 19.9 Å². The summed E-state index contributed by atoms with van der Waals surface area (Å²) in [5, 5.41) is 2.96. The van der Waals surface area contributed by atoms with Crippen LogP contribution in [-0.4, -0.2) is 19.1 Å². The van der Waals surface area contributed by atoms with E-state index in [1.54, 1.807) is 24.2 Å². The van der Waals surface area contributed by atoms with Crippen LogP contribution in [0.15, 0.2) is 36.5 Å². The van der Waals surface area contributed by atoms with Crippen molar-refractivity contribution in [1.82, 2.24) is 10.3 Å². The lowest BCUT2D eigenvalue weighted by Crippen LogP contribution is -2.16. The summed E-state index contributed by atoms with van der Waals surface area (Å²) in [6, 6.07) is 9.79. The maximum absolute atomic E-state index is 14.4. The Kier molecular flexibility index (Phi) is 4.69. The third-order valence-corrected chi connectivity index (χ3v) is 3.37. The molecule has 0 fully saturated rings. The minimum atomic E-state index is -0.274. The van der Waals surface area contributed by atoms with E-state index < -0.39 is 0 Å². The van der Waals surface area contributed by atoms with Crippen LogP contribution in [0.2, 0.25) is 0 Å². The molecule has 0 amide bonds. The Hall–Kier alpha value is -1.94. The van der Waals surface area contributed by atoms with Gasteiger partial charge in [0.2, 0.25) is 0 Å². The summed E-state index contributed by atoms with van der Waals surface area (Å²) < 4.78 is 14.4. The number of nitrogens with one attached hydrogen (secondary N) is 1. The highest BCUT2D eigenvalue weighted by molar-refractivity contribution is 5.60. The van der Waals surface area contributed by atoms with Crippen molar-refractivity contribution in [1.29, 1.82) is 0 Å². The molecule has 0 unspecified atom stereocenters. The topological polar surface area (TPSA) is 28.2 Å². The van der Waals surface area contributed by atoms with Crippen molar-refractivity contribution >= 4 is 11.5 Å². The first kappa shape index (κ1) is 14.5. The number of hydrogen-bond acceptors (Lipinski definition) is 3. The molecule has 20 heavy (non-hydrogen) atoms. The van der Waals surface area contributed by atoms with Crippen LogP contribution < -0.4 is 10.2 Å². The van der Waals surface area contributed by atoms with Gasteiger partial charge in [0, 0.05) is 31.0 Å². The molecule has 2 aromatic rings. The molecule has 0 saturated carbocycles. The zero-order valence-electron chi connectivity index (χ0n) is 12.2. The highest BCUT2D eigenvalue weighted by Crippen LogP contribution is 2.26. The van der Waals surface area contributed by atoms with Crippen molar-refractivity contribution in [3.05, 3.63) is 53.5 Å². The van der Waals surface area contributed by atoms with Gasteiger partial charge in [-0.25, -0.2) is 9.37 Å². The predicted molar refractivity (Wildman–Crippen MR) is 80.8 cm³/mol. The highest BCUT2D eigenvalue weighted by Gasteiger charge is 2.14. The Bertz CT molecular complexity index is 566. The molecule has 1 N–H and O–H groups in total. The minimum Gasteiger partial charge on any atom is -0.327 e. The molecule has 1 aromatic heterocycles. The lowest BCUT2D eigenvalue weighted by Gasteiger charge is -2.20. The van der Waals surface area contributed by atoms with E-state index in [1.165, 1.54) is 5.56 Å². The lowest BCUT2D eigenvalue weighted by molar-refractivity contribution is 0.595. The summed E-state index contributed by atoms with van der Waals surface area (Å²) >= 11 is 0. The summed E-state index contributed by atoms with van der Waals surface area (Å²) in [6.45, 7) is 2.60. The number of pyridine rings is 1. The van der Waals surface area contributed by atoms with Crippen LogP contribution in [-0.2, 0) is 13.0 Å². The summed E-state index contributed by atoms with van der Waals surface area (Å²) in [5.74, 6) is 0.0749. The zero-order chi connectivity index (χ0) is 14.5. The van der Waals surface area contributed by atoms with E-state index in [0.29, 0.717) is 17.9 Å². The number of benzene rings is 1. The van der Waals surface area contributed by atoms with Crippen LogP contribution in [0.5, 0.6) is 0 Å². The van der Waals surface area contributed by atoms with E-state index in [4.69, 9.17) is 0 Å². The Balaban J connectivity index is 2.32. The number of anilines is 2. The van der Waals surface area contributed by atoms with Crippen LogP contribution in [0.4, 0.5) is 15.9 Å². The first-order valence-electron chi connectivity index (χ1n) is 6.78. The van der Waals surface area contributed by atoms with Gasteiger partial charge in [-0.2, -0.15) is 0 Å². The van der Waals surface area contributed by atoms with E-state index in [-0.39, 0.29) is 5.82 Å². The second-order valence-electron chi connectivity index (χ2n) is 4.72. The van der Waals surface area contributed by atoms with Gasteiger partial charge < -0.3 is 10.2 Å². The van der Waals surface area contributed by atoms with Gasteiger partial charge in [-0.05, 0) is 37.2 Å². The van der Waals surface area contributed by atoms with E-state index in [1.807, 2.05) is 19.2 Å². The molecule has 0 aliphatic rings. The summed E-state index contributed by atoms with van der Waals surface area (Å²) in [4.78, 5) is 5.93. The molecule has 0 saturated heterocycles. The average molecular weight is 273 g/mol. The second kappa shape index (κ2) is 6.48. The van der Waals surface area contributed by atoms with Gasteiger partial charge in [-0.3, -0.25) is 0 Å². The summed E-state index contributed by atoms with van der Waals surface area (Å²) in [5.41, 5.74) is 2.81. The molecule has 0 radical (unpaired) electrons. The van der Waals surface area contributed by atoms with Gasteiger partial charge in [0.15, 0.2) is 11.6 Å². The number of aryl methyl sites for hydroxylation is 1. The van der Waals surface area contributed by atoms with Crippen LogP contribution in [0.1, 0.15) is 18.1 Å². The van der Waals surface area contributed by atoms with E-state index in [0.717, 1.165) is 12.1 Å². The first-order valence-corrected chi connectivity index (χ1v) is 6.78. The van der Waals surface area contributed by atoms with Gasteiger partial charge in [-0.1, -0.05) is 19.1 Å². The fraction of sp³-hybridized carbons (Fsp3) is 0.312. The minimum absolute atomic E-state index is 0.274. The van der Waals surface area contributed by atoms with Crippen LogP contribution >= 0.6 is 0 Å². The SMILES string of the molecule is CCc1ccc(N(C)c2nccc(CNC)c2F)cc1. The molecule has 106 valence electrons.